The number of nitrogens with zero attached hydrogens (tertiary/aromatic N) is 4. The molecule has 0 bridgehead atoms. The monoisotopic (exact) mass is 315 g/mol. The number of nitrogens with one attached hydrogen (secondary N) is 1. The third-order valence-electron chi connectivity index (χ3n) is 3.66. The topological polar surface area (TPSA) is 71.0 Å². The Kier molecular flexibility index (Phi) is 5.13. The number of aryl methyl sites for hydroxylation is 2. The van der Waals surface area contributed by atoms with Gasteiger partial charge in [-0.3, -0.25) is 4.79 Å². The lowest BCUT2D eigenvalue weighted by atomic mass is 10.1. The van der Waals surface area contributed by atoms with Crippen molar-refractivity contribution in [1.29, 1.82) is 0 Å². The van der Waals surface area contributed by atoms with Crippen molar-refractivity contribution in [2.75, 3.05) is 18.0 Å². The summed E-state index contributed by atoms with van der Waals surface area (Å²) >= 11 is 0. The van der Waals surface area contributed by atoms with Gasteiger partial charge < -0.3 is 10.2 Å². The molecule has 0 atom stereocenters. The molecule has 2 heterocycles. The highest BCUT2D eigenvalue weighted by Crippen LogP contribution is 2.26. The molecule has 0 unspecified atom stereocenters. The molecular formula is C17H25N5O. The van der Waals surface area contributed by atoms with Gasteiger partial charge in [0, 0.05) is 24.8 Å². The van der Waals surface area contributed by atoms with Crippen LogP contribution in [0.15, 0.2) is 6.07 Å². The summed E-state index contributed by atoms with van der Waals surface area (Å²) in [6.45, 7) is 13.5. The summed E-state index contributed by atoms with van der Waals surface area (Å²) < 4.78 is 0. The lowest BCUT2D eigenvalue weighted by Gasteiger charge is -2.22. The molecule has 6 heteroatoms. The average Bonchev–Trinajstić information content (AvgIpc) is 2.46. The zero-order valence-electron chi connectivity index (χ0n) is 14.8. The molecule has 0 aliphatic carbocycles. The number of hydrogen-bond donors (Lipinski definition) is 1. The van der Waals surface area contributed by atoms with E-state index >= 15 is 0 Å². The molecule has 0 spiro atoms. The number of amides is 1. The van der Waals surface area contributed by atoms with E-state index in [4.69, 9.17) is 0 Å². The van der Waals surface area contributed by atoms with Gasteiger partial charge in [0.25, 0.3) is 5.91 Å². The van der Waals surface area contributed by atoms with Crippen LogP contribution in [0.25, 0.3) is 11.0 Å². The summed E-state index contributed by atoms with van der Waals surface area (Å²) in [5.74, 6) is 0.681. The molecule has 124 valence electrons. The highest BCUT2D eigenvalue weighted by molar-refractivity contribution is 5.96. The first kappa shape index (κ1) is 17.1. The van der Waals surface area contributed by atoms with Crippen molar-refractivity contribution < 1.29 is 4.79 Å². The van der Waals surface area contributed by atoms with Crippen molar-refractivity contribution in [2.45, 2.75) is 47.6 Å². The second-order valence-electron chi connectivity index (χ2n) is 5.95. The van der Waals surface area contributed by atoms with Gasteiger partial charge in [-0.05, 0) is 53.2 Å². The molecule has 1 amide bonds. The Bertz CT molecular complexity index is 722. The van der Waals surface area contributed by atoms with Gasteiger partial charge in [0.05, 0.1) is 5.39 Å². The van der Waals surface area contributed by atoms with Crippen LogP contribution in [-0.4, -0.2) is 40.0 Å². The van der Waals surface area contributed by atoms with Crippen LogP contribution < -0.4 is 10.2 Å². The number of carbonyl (C=O) groups is 1. The van der Waals surface area contributed by atoms with Gasteiger partial charge in [-0.25, -0.2) is 15.0 Å². The molecule has 1 N–H and O–H groups in total. The van der Waals surface area contributed by atoms with E-state index in [1.54, 1.807) is 0 Å². The number of pyridine rings is 1. The maximum atomic E-state index is 12.3. The molecule has 0 saturated heterocycles. The molecule has 0 saturated carbocycles. The summed E-state index contributed by atoms with van der Waals surface area (Å²) in [6.07, 6.45) is 0. The highest BCUT2D eigenvalue weighted by atomic mass is 16.2. The largest absolute Gasteiger partial charge is 0.356 e. The Labute approximate surface area is 137 Å². The lowest BCUT2D eigenvalue weighted by molar-refractivity contribution is 0.0933. The summed E-state index contributed by atoms with van der Waals surface area (Å²) in [5, 5.41) is 3.76. The zero-order valence-corrected chi connectivity index (χ0v) is 14.8. The van der Waals surface area contributed by atoms with Crippen LogP contribution in [0.3, 0.4) is 0 Å². The molecule has 0 aliphatic heterocycles. The van der Waals surface area contributed by atoms with Crippen molar-refractivity contribution in [3.8, 4) is 0 Å². The first-order chi connectivity index (χ1) is 10.9. The second kappa shape index (κ2) is 6.89. The molecule has 0 aliphatic rings. The minimum absolute atomic E-state index is 0.0332. The van der Waals surface area contributed by atoms with Crippen LogP contribution in [0.5, 0.6) is 0 Å². The van der Waals surface area contributed by atoms with E-state index in [1.807, 2.05) is 33.8 Å². The van der Waals surface area contributed by atoms with Gasteiger partial charge >= 0.3 is 0 Å². The van der Waals surface area contributed by atoms with Gasteiger partial charge in [-0.1, -0.05) is 0 Å². The fourth-order valence-electron chi connectivity index (χ4n) is 2.64. The number of carbonyl (C=O) groups excluding carboxylic acids is 1. The summed E-state index contributed by atoms with van der Waals surface area (Å²) in [6, 6.07) is 2.05. The smallest absolute Gasteiger partial charge is 0.289 e. The van der Waals surface area contributed by atoms with Crippen molar-refractivity contribution in [3.63, 3.8) is 0 Å². The average molecular weight is 315 g/mol. The molecular weight excluding hydrogens is 290 g/mol. The van der Waals surface area contributed by atoms with Gasteiger partial charge in [0.15, 0.2) is 5.65 Å². The predicted molar refractivity (Wildman–Crippen MR) is 93.0 cm³/mol. The van der Waals surface area contributed by atoms with Crippen LogP contribution in [0.4, 0.5) is 5.82 Å². The van der Waals surface area contributed by atoms with E-state index in [-0.39, 0.29) is 17.8 Å². The number of rotatable bonds is 5. The zero-order chi connectivity index (χ0) is 17.1. The Balaban J connectivity index is 2.70. The van der Waals surface area contributed by atoms with E-state index in [0.29, 0.717) is 5.65 Å². The van der Waals surface area contributed by atoms with Crippen LogP contribution >= 0.6 is 0 Å². The minimum atomic E-state index is -0.267. The van der Waals surface area contributed by atoms with Crippen molar-refractivity contribution in [2.24, 2.45) is 0 Å². The van der Waals surface area contributed by atoms with E-state index < -0.39 is 0 Å². The van der Waals surface area contributed by atoms with Crippen molar-refractivity contribution in [1.82, 2.24) is 20.3 Å². The Morgan fingerprint density at radius 3 is 2.39 bits per heavy atom. The number of hydrogen-bond acceptors (Lipinski definition) is 5. The number of aromatic nitrogens is 3. The van der Waals surface area contributed by atoms with Crippen LogP contribution in [0.1, 0.15) is 49.6 Å². The molecule has 2 aromatic rings. The predicted octanol–water partition coefficient (Wildman–Crippen LogP) is 2.63. The molecule has 23 heavy (non-hydrogen) atoms. The third-order valence-corrected chi connectivity index (χ3v) is 3.66. The summed E-state index contributed by atoms with van der Waals surface area (Å²) in [7, 11) is 0. The van der Waals surface area contributed by atoms with Crippen LogP contribution in [0, 0.1) is 13.8 Å². The molecule has 0 radical (unpaired) electrons. The maximum absolute atomic E-state index is 12.3. The quantitative estimate of drug-likeness (QED) is 0.918. The van der Waals surface area contributed by atoms with Crippen LogP contribution in [-0.2, 0) is 0 Å². The first-order valence-electron chi connectivity index (χ1n) is 8.09. The number of fused-ring (bicyclic) bond motifs is 1. The van der Waals surface area contributed by atoms with E-state index in [1.165, 1.54) is 0 Å². The van der Waals surface area contributed by atoms with Crippen LogP contribution in [0.2, 0.25) is 0 Å². The molecule has 2 rings (SSSR count). The SMILES string of the molecule is CCN(CC)c1nc(C(=O)NC(C)C)nc2nc(C)cc(C)c12. The highest BCUT2D eigenvalue weighted by Gasteiger charge is 2.19. The molecule has 0 fully saturated rings. The van der Waals surface area contributed by atoms with E-state index in [0.717, 1.165) is 35.6 Å². The van der Waals surface area contributed by atoms with Crippen molar-refractivity contribution >= 4 is 22.8 Å². The standard InChI is InChI=1S/C17H25N5O/c1-7-22(8-2)16-13-11(5)9-12(6)19-14(13)20-15(21-16)17(23)18-10(3)4/h9-10H,7-8H2,1-6H3,(H,18,23). The van der Waals surface area contributed by atoms with E-state index in [9.17, 15) is 4.79 Å². The first-order valence-corrected chi connectivity index (χ1v) is 8.09. The third kappa shape index (κ3) is 3.57. The van der Waals surface area contributed by atoms with Gasteiger partial charge in [0.1, 0.15) is 5.82 Å². The van der Waals surface area contributed by atoms with Gasteiger partial charge in [0.2, 0.25) is 5.82 Å². The molecule has 0 aromatic carbocycles. The second-order valence-corrected chi connectivity index (χ2v) is 5.95. The van der Waals surface area contributed by atoms with Gasteiger partial charge in [-0.15, -0.1) is 0 Å². The Hall–Kier alpha value is -2.24. The van der Waals surface area contributed by atoms with Crippen molar-refractivity contribution in [3.05, 3.63) is 23.1 Å². The molecule has 2 aromatic heterocycles. The van der Waals surface area contributed by atoms with Gasteiger partial charge in [-0.2, -0.15) is 0 Å². The Morgan fingerprint density at radius 1 is 1.17 bits per heavy atom. The number of anilines is 1. The van der Waals surface area contributed by atoms with E-state index in [2.05, 4.69) is 39.0 Å². The summed E-state index contributed by atoms with van der Waals surface area (Å²) in [5.41, 5.74) is 2.54. The lowest BCUT2D eigenvalue weighted by Crippen LogP contribution is -2.32. The summed E-state index contributed by atoms with van der Waals surface area (Å²) in [4.78, 5) is 27.9. The normalized spacial score (nSPS) is 11.1. The fourth-order valence-corrected chi connectivity index (χ4v) is 2.64. The molecule has 6 nitrogen and oxygen atoms in total. The Morgan fingerprint density at radius 2 is 1.83 bits per heavy atom. The fraction of sp³-hybridized carbons (Fsp3) is 0.529. The minimum Gasteiger partial charge on any atom is -0.356 e. The maximum Gasteiger partial charge on any atom is 0.289 e.